The van der Waals surface area contributed by atoms with Crippen LogP contribution in [0.3, 0.4) is 0 Å². The fourth-order valence-corrected chi connectivity index (χ4v) is 3.77. The zero-order chi connectivity index (χ0) is 18.7. The molecule has 8 nitrogen and oxygen atoms in total. The van der Waals surface area contributed by atoms with E-state index in [4.69, 9.17) is 4.74 Å². The number of carbonyl (C=O) groups is 2. The lowest BCUT2D eigenvalue weighted by molar-refractivity contribution is -0.139. The van der Waals surface area contributed by atoms with Crippen LogP contribution >= 0.6 is 0 Å². The molecule has 2 saturated heterocycles. The van der Waals surface area contributed by atoms with Gasteiger partial charge < -0.3 is 15.0 Å². The van der Waals surface area contributed by atoms with Gasteiger partial charge >= 0.3 is 0 Å². The van der Waals surface area contributed by atoms with Gasteiger partial charge in [-0.3, -0.25) is 14.7 Å². The molecule has 0 saturated carbocycles. The van der Waals surface area contributed by atoms with Crippen LogP contribution in [0.4, 0.5) is 0 Å². The molecule has 2 atom stereocenters. The first-order valence-corrected chi connectivity index (χ1v) is 9.50. The molecule has 1 aromatic rings. The second-order valence-corrected chi connectivity index (χ2v) is 7.77. The third-order valence-electron chi connectivity index (χ3n) is 5.03. The Hall–Kier alpha value is -1.96. The zero-order valence-corrected chi connectivity index (χ0v) is 15.8. The maximum atomic E-state index is 13.1. The van der Waals surface area contributed by atoms with Crippen molar-refractivity contribution in [2.45, 2.75) is 58.5 Å². The molecule has 26 heavy (non-hydrogen) atoms. The molecule has 2 fully saturated rings. The molecule has 2 amide bonds. The van der Waals surface area contributed by atoms with Crippen molar-refractivity contribution in [1.82, 2.24) is 25.4 Å². The van der Waals surface area contributed by atoms with E-state index in [-0.39, 0.29) is 29.8 Å². The molecule has 2 aliphatic rings. The number of amides is 2. The molecular formula is C18H29N5O3. The molecular weight excluding hydrogens is 334 g/mol. The van der Waals surface area contributed by atoms with Gasteiger partial charge in [-0.1, -0.05) is 13.8 Å². The largest absolute Gasteiger partial charge is 0.381 e. The predicted octanol–water partition coefficient (Wildman–Crippen LogP) is 1.34. The predicted molar refractivity (Wildman–Crippen MR) is 95.1 cm³/mol. The van der Waals surface area contributed by atoms with Crippen LogP contribution in [-0.2, 0) is 14.3 Å². The molecule has 8 heteroatoms. The molecule has 0 bridgehead atoms. The average molecular weight is 363 g/mol. The van der Waals surface area contributed by atoms with Gasteiger partial charge in [-0.25, -0.2) is 4.98 Å². The molecule has 0 aromatic carbocycles. The molecule has 2 N–H and O–H groups in total. The van der Waals surface area contributed by atoms with Crippen LogP contribution < -0.4 is 5.32 Å². The summed E-state index contributed by atoms with van der Waals surface area (Å²) in [5.74, 6) is 1.81. The Morgan fingerprint density at radius 1 is 1.35 bits per heavy atom. The highest BCUT2D eigenvalue weighted by Crippen LogP contribution is 2.33. The Morgan fingerprint density at radius 2 is 2.08 bits per heavy atom. The van der Waals surface area contributed by atoms with Crippen LogP contribution in [0.5, 0.6) is 0 Å². The van der Waals surface area contributed by atoms with Crippen LogP contribution in [0.1, 0.15) is 57.2 Å². The lowest BCUT2D eigenvalue weighted by Crippen LogP contribution is -2.42. The molecule has 0 unspecified atom stereocenters. The summed E-state index contributed by atoms with van der Waals surface area (Å²) in [5, 5.41) is 10.2. The van der Waals surface area contributed by atoms with Gasteiger partial charge in [0.15, 0.2) is 5.82 Å². The second kappa shape index (κ2) is 8.16. The summed E-state index contributed by atoms with van der Waals surface area (Å²) in [5.41, 5.74) is 0. The topological polar surface area (TPSA) is 100 Å². The van der Waals surface area contributed by atoms with E-state index in [1.807, 2.05) is 25.7 Å². The van der Waals surface area contributed by atoms with Gasteiger partial charge in [0.25, 0.3) is 0 Å². The average Bonchev–Trinajstić information content (AvgIpc) is 3.20. The first-order chi connectivity index (χ1) is 12.4. The van der Waals surface area contributed by atoms with Gasteiger partial charge in [-0.15, -0.1) is 0 Å². The van der Waals surface area contributed by atoms with Gasteiger partial charge in [-0.2, -0.15) is 5.10 Å². The number of H-pyrrole nitrogens is 1. The van der Waals surface area contributed by atoms with Gasteiger partial charge in [-0.05, 0) is 32.1 Å². The van der Waals surface area contributed by atoms with Crippen molar-refractivity contribution in [2.75, 3.05) is 19.8 Å². The van der Waals surface area contributed by atoms with Gasteiger partial charge in [0.05, 0.1) is 6.04 Å². The normalized spacial score (nSPS) is 24.2. The minimum absolute atomic E-state index is 0.0172. The molecule has 0 radical (unpaired) electrons. The van der Waals surface area contributed by atoms with E-state index in [0.29, 0.717) is 44.3 Å². The van der Waals surface area contributed by atoms with Crippen molar-refractivity contribution in [1.29, 1.82) is 0 Å². The fraction of sp³-hybridized carbons (Fsp3) is 0.778. The van der Waals surface area contributed by atoms with Crippen LogP contribution in [0, 0.1) is 18.8 Å². The van der Waals surface area contributed by atoms with Crippen molar-refractivity contribution in [3.8, 4) is 0 Å². The number of nitrogens with one attached hydrogen (secondary N) is 2. The van der Waals surface area contributed by atoms with E-state index in [2.05, 4.69) is 20.5 Å². The number of rotatable bonds is 5. The fourth-order valence-electron chi connectivity index (χ4n) is 3.77. The van der Waals surface area contributed by atoms with Crippen molar-refractivity contribution in [3.63, 3.8) is 0 Å². The van der Waals surface area contributed by atoms with Gasteiger partial charge in [0.1, 0.15) is 5.82 Å². The minimum Gasteiger partial charge on any atom is -0.381 e. The second-order valence-electron chi connectivity index (χ2n) is 7.77. The maximum Gasteiger partial charge on any atom is 0.226 e. The lowest BCUT2D eigenvalue weighted by atomic mass is 9.98. The van der Waals surface area contributed by atoms with Crippen molar-refractivity contribution < 1.29 is 14.3 Å². The number of carbonyl (C=O) groups excluding carboxylic acids is 2. The van der Waals surface area contributed by atoms with E-state index in [1.54, 1.807) is 0 Å². The lowest BCUT2D eigenvalue weighted by Gasteiger charge is -2.29. The molecule has 2 aliphatic heterocycles. The smallest absolute Gasteiger partial charge is 0.226 e. The monoisotopic (exact) mass is 363 g/mol. The third kappa shape index (κ3) is 4.41. The molecule has 0 spiro atoms. The SMILES string of the molecule is Cc1nc([C@@H]2C[C@H](NC(=O)CC(C)C)CN2C(=O)C2CCOCC2)n[nH]1. The van der Waals surface area contributed by atoms with E-state index >= 15 is 0 Å². The van der Waals surface area contributed by atoms with E-state index in [9.17, 15) is 9.59 Å². The highest BCUT2D eigenvalue weighted by molar-refractivity contribution is 5.80. The van der Waals surface area contributed by atoms with Gasteiger partial charge in [0, 0.05) is 38.1 Å². The van der Waals surface area contributed by atoms with E-state index in [1.165, 1.54) is 0 Å². The molecule has 1 aromatic heterocycles. The standard InChI is InChI=1S/C18H29N5O3/c1-11(2)8-16(24)20-14-9-15(17-19-12(3)21-22-17)23(10-14)18(25)13-4-6-26-7-5-13/h11,13-15H,4-10H2,1-3H3,(H,20,24)(H,19,21,22)/t14-,15-/m0/s1. The molecule has 3 rings (SSSR count). The van der Waals surface area contributed by atoms with Gasteiger partial charge in [0.2, 0.25) is 11.8 Å². The number of aryl methyl sites for hydroxylation is 1. The third-order valence-corrected chi connectivity index (χ3v) is 5.03. The first-order valence-electron chi connectivity index (χ1n) is 9.50. The Morgan fingerprint density at radius 3 is 2.69 bits per heavy atom. The molecule has 0 aliphatic carbocycles. The Balaban J connectivity index is 1.73. The summed E-state index contributed by atoms with van der Waals surface area (Å²) in [6.45, 7) is 7.66. The van der Waals surface area contributed by atoms with Crippen molar-refractivity contribution in [2.24, 2.45) is 11.8 Å². The number of hydrogen-bond donors (Lipinski definition) is 2. The van der Waals surface area contributed by atoms with Crippen LogP contribution in [-0.4, -0.2) is 57.7 Å². The Kier molecular flexibility index (Phi) is 5.90. The van der Waals surface area contributed by atoms with Crippen molar-refractivity contribution in [3.05, 3.63) is 11.6 Å². The van der Waals surface area contributed by atoms with Crippen molar-refractivity contribution >= 4 is 11.8 Å². The Labute approximate surface area is 154 Å². The quantitative estimate of drug-likeness (QED) is 0.822. The first kappa shape index (κ1) is 18.8. The summed E-state index contributed by atoms with van der Waals surface area (Å²) in [6, 6.07) is -0.256. The summed E-state index contributed by atoms with van der Waals surface area (Å²) in [7, 11) is 0. The number of aromatic nitrogens is 3. The summed E-state index contributed by atoms with van der Waals surface area (Å²) >= 11 is 0. The number of aromatic amines is 1. The number of ether oxygens (including phenoxy) is 1. The van der Waals surface area contributed by atoms with Crippen LogP contribution in [0.15, 0.2) is 0 Å². The molecule has 3 heterocycles. The summed E-state index contributed by atoms with van der Waals surface area (Å²) in [6.07, 6.45) is 2.64. The highest BCUT2D eigenvalue weighted by Gasteiger charge is 2.41. The highest BCUT2D eigenvalue weighted by atomic mass is 16.5. The summed E-state index contributed by atoms with van der Waals surface area (Å²) < 4.78 is 5.38. The maximum absolute atomic E-state index is 13.1. The van der Waals surface area contributed by atoms with Crippen LogP contribution in [0.25, 0.3) is 0 Å². The molecule has 144 valence electrons. The minimum atomic E-state index is -0.195. The number of likely N-dealkylation sites (tertiary alicyclic amines) is 1. The number of nitrogens with zero attached hydrogens (tertiary/aromatic N) is 3. The number of hydrogen-bond acceptors (Lipinski definition) is 5. The Bertz CT molecular complexity index is 639. The van der Waals surface area contributed by atoms with Crippen LogP contribution in [0.2, 0.25) is 0 Å². The van der Waals surface area contributed by atoms with E-state index in [0.717, 1.165) is 18.7 Å². The van der Waals surface area contributed by atoms with E-state index < -0.39 is 0 Å². The zero-order valence-electron chi connectivity index (χ0n) is 15.8. The summed E-state index contributed by atoms with van der Waals surface area (Å²) in [4.78, 5) is 31.6.